The van der Waals surface area contributed by atoms with Crippen molar-refractivity contribution in [2.45, 2.75) is 13.1 Å². The number of rotatable bonds is 5. The number of benzene rings is 2. The van der Waals surface area contributed by atoms with Gasteiger partial charge in [0.15, 0.2) is 11.6 Å². The Morgan fingerprint density at radius 2 is 1.62 bits per heavy atom. The number of aromatic nitrogens is 2. The molecule has 0 atom stereocenters. The van der Waals surface area contributed by atoms with Gasteiger partial charge >= 0.3 is 0 Å². The molecule has 3 aromatic rings. The Morgan fingerprint density at radius 1 is 0.958 bits per heavy atom. The van der Waals surface area contributed by atoms with Crippen LogP contribution in [0.3, 0.4) is 0 Å². The second-order valence-electron chi connectivity index (χ2n) is 5.30. The molecule has 24 heavy (non-hydrogen) atoms. The van der Waals surface area contributed by atoms with Crippen LogP contribution in [-0.4, -0.2) is 15.1 Å². The maximum absolute atomic E-state index is 10.4. The highest BCUT2D eigenvalue weighted by atomic mass is 35.5. The Kier molecular flexibility index (Phi) is 4.93. The van der Waals surface area contributed by atoms with Crippen molar-refractivity contribution in [3.05, 3.63) is 71.0 Å². The van der Waals surface area contributed by atoms with Crippen LogP contribution in [-0.2, 0) is 13.1 Å². The molecule has 0 amide bonds. The van der Waals surface area contributed by atoms with Gasteiger partial charge in [-0.2, -0.15) is 0 Å². The number of halogens is 1. The van der Waals surface area contributed by atoms with Crippen LogP contribution in [0.25, 0.3) is 11.3 Å². The zero-order chi connectivity index (χ0) is 16.9. The number of nitrogens with two attached hydrogens (primary N) is 1. The zero-order valence-corrected chi connectivity index (χ0v) is 13.7. The highest BCUT2D eigenvalue weighted by molar-refractivity contribution is 6.30. The van der Waals surface area contributed by atoms with Gasteiger partial charge in [-0.25, -0.2) is 9.97 Å². The largest absolute Gasteiger partial charge is 0.503 e. The molecule has 1 aromatic heterocycles. The van der Waals surface area contributed by atoms with E-state index < -0.39 is 0 Å². The van der Waals surface area contributed by atoms with Crippen molar-refractivity contribution in [2.75, 3.05) is 5.32 Å². The highest BCUT2D eigenvalue weighted by Crippen LogP contribution is 2.32. The molecule has 0 fully saturated rings. The van der Waals surface area contributed by atoms with Crippen LogP contribution in [0.15, 0.2) is 54.9 Å². The third-order valence-corrected chi connectivity index (χ3v) is 3.91. The molecule has 0 spiro atoms. The lowest BCUT2D eigenvalue weighted by atomic mass is 10.1. The number of aromatic hydroxyl groups is 1. The molecule has 0 aliphatic heterocycles. The summed E-state index contributed by atoms with van der Waals surface area (Å²) in [6.45, 7) is 1.06. The van der Waals surface area contributed by atoms with Gasteiger partial charge in [0.05, 0.1) is 0 Å². The van der Waals surface area contributed by atoms with Crippen LogP contribution in [0.1, 0.15) is 11.1 Å². The van der Waals surface area contributed by atoms with E-state index in [0.29, 0.717) is 29.6 Å². The summed E-state index contributed by atoms with van der Waals surface area (Å²) in [6.07, 6.45) is 1.42. The minimum Gasteiger partial charge on any atom is -0.503 e. The van der Waals surface area contributed by atoms with Crippen LogP contribution in [0.4, 0.5) is 5.82 Å². The topological polar surface area (TPSA) is 84.1 Å². The van der Waals surface area contributed by atoms with E-state index in [-0.39, 0.29) is 5.75 Å². The molecule has 0 aliphatic carbocycles. The number of anilines is 1. The second-order valence-corrected chi connectivity index (χ2v) is 5.74. The molecule has 0 saturated heterocycles. The molecule has 0 aliphatic rings. The van der Waals surface area contributed by atoms with Crippen molar-refractivity contribution < 1.29 is 5.11 Å². The quantitative estimate of drug-likeness (QED) is 0.661. The lowest BCUT2D eigenvalue weighted by Gasteiger charge is -2.10. The average molecular weight is 341 g/mol. The van der Waals surface area contributed by atoms with E-state index >= 15 is 0 Å². The molecule has 4 N–H and O–H groups in total. The maximum Gasteiger partial charge on any atom is 0.185 e. The summed E-state index contributed by atoms with van der Waals surface area (Å²) in [4.78, 5) is 8.27. The Hall–Kier alpha value is -2.63. The summed E-state index contributed by atoms with van der Waals surface area (Å²) < 4.78 is 0. The van der Waals surface area contributed by atoms with Gasteiger partial charge in [0.1, 0.15) is 12.0 Å². The predicted molar refractivity (Wildman–Crippen MR) is 95.8 cm³/mol. The van der Waals surface area contributed by atoms with Gasteiger partial charge in [0, 0.05) is 23.7 Å². The molecular formula is C18H17ClN4O. The summed E-state index contributed by atoms with van der Waals surface area (Å²) in [7, 11) is 0. The third kappa shape index (κ3) is 3.64. The van der Waals surface area contributed by atoms with Gasteiger partial charge in [-0.05, 0) is 23.3 Å². The molecule has 2 aromatic carbocycles. The molecule has 0 radical (unpaired) electrons. The van der Waals surface area contributed by atoms with Gasteiger partial charge in [-0.3, -0.25) is 0 Å². The molecule has 0 unspecified atom stereocenters. The Morgan fingerprint density at radius 3 is 2.29 bits per heavy atom. The molecule has 0 saturated carbocycles. The summed E-state index contributed by atoms with van der Waals surface area (Å²) in [5.41, 5.74) is 8.97. The van der Waals surface area contributed by atoms with Gasteiger partial charge in [0.2, 0.25) is 0 Å². The normalized spacial score (nSPS) is 10.6. The minimum absolute atomic E-state index is 0.0124. The van der Waals surface area contributed by atoms with Crippen molar-refractivity contribution in [3.8, 4) is 17.0 Å². The first-order valence-corrected chi connectivity index (χ1v) is 7.87. The van der Waals surface area contributed by atoms with Crippen LogP contribution in [0.2, 0.25) is 5.02 Å². The third-order valence-electron chi connectivity index (χ3n) is 3.66. The average Bonchev–Trinajstić information content (AvgIpc) is 2.62. The number of hydrogen-bond acceptors (Lipinski definition) is 5. The SMILES string of the molecule is NCc1ccc(CNc2ncnc(-c3ccc(Cl)cc3)c2O)cc1. The van der Waals surface area contributed by atoms with Gasteiger partial charge < -0.3 is 16.2 Å². The van der Waals surface area contributed by atoms with Crippen molar-refractivity contribution in [1.29, 1.82) is 0 Å². The first-order chi connectivity index (χ1) is 11.7. The van der Waals surface area contributed by atoms with E-state index in [0.717, 1.165) is 16.7 Å². The van der Waals surface area contributed by atoms with Crippen molar-refractivity contribution in [3.63, 3.8) is 0 Å². The second kappa shape index (κ2) is 7.29. The van der Waals surface area contributed by atoms with E-state index in [2.05, 4.69) is 15.3 Å². The Balaban J connectivity index is 1.78. The molecule has 122 valence electrons. The first kappa shape index (κ1) is 16.2. The molecule has 3 rings (SSSR count). The molecule has 6 heteroatoms. The fourth-order valence-electron chi connectivity index (χ4n) is 2.31. The maximum atomic E-state index is 10.4. The lowest BCUT2D eigenvalue weighted by molar-refractivity contribution is 0.474. The zero-order valence-electron chi connectivity index (χ0n) is 12.9. The monoisotopic (exact) mass is 340 g/mol. The van der Waals surface area contributed by atoms with E-state index in [4.69, 9.17) is 17.3 Å². The highest BCUT2D eigenvalue weighted by Gasteiger charge is 2.12. The van der Waals surface area contributed by atoms with Gasteiger partial charge in [-0.1, -0.05) is 48.0 Å². The van der Waals surface area contributed by atoms with Crippen molar-refractivity contribution in [1.82, 2.24) is 9.97 Å². The van der Waals surface area contributed by atoms with Crippen LogP contribution in [0.5, 0.6) is 5.75 Å². The first-order valence-electron chi connectivity index (χ1n) is 7.49. The van der Waals surface area contributed by atoms with E-state index in [9.17, 15) is 5.11 Å². The molecule has 5 nitrogen and oxygen atoms in total. The van der Waals surface area contributed by atoms with Crippen LogP contribution < -0.4 is 11.1 Å². The van der Waals surface area contributed by atoms with E-state index in [1.807, 2.05) is 24.3 Å². The van der Waals surface area contributed by atoms with Crippen molar-refractivity contribution >= 4 is 17.4 Å². The lowest BCUT2D eigenvalue weighted by Crippen LogP contribution is -2.03. The summed E-state index contributed by atoms with van der Waals surface area (Å²) >= 11 is 5.89. The molecule has 0 bridgehead atoms. The van der Waals surface area contributed by atoms with Gasteiger partial charge in [0.25, 0.3) is 0 Å². The number of nitrogens with zero attached hydrogens (tertiary/aromatic N) is 2. The van der Waals surface area contributed by atoms with Crippen LogP contribution in [0, 0.1) is 0 Å². The van der Waals surface area contributed by atoms with E-state index in [1.54, 1.807) is 24.3 Å². The van der Waals surface area contributed by atoms with E-state index in [1.165, 1.54) is 6.33 Å². The van der Waals surface area contributed by atoms with Crippen LogP contribution >= 0.6 is 11.6 Å². The van der Waals surface area contributed by atoms with Crippen molar-refractivity contribution in [2.24, 2.45) is 5.73 Å². The summed E-state index contributed by atoms with van der Waals surface area (Å²) in [5, 5.41) is 14.2. The predicted octanol–water partition coefficient (Wildman–Crippen LogP) is 3.57. The molecule has 1 heterocycles. The van der Waals surface area contributed by atoms with Gasteiger partial charge in [-0.15, -0.1) is 0 Å². The number of hydrogen-bond donors (Lipinski definition) is 3. The smallest absolute Gasteiger partial charge is 0.185 e. The fraction of sp³-hybridized carbons (Fsp3) is 0.111. The summed E-state index contributed by atoms with van der Waals surface area (Å²) in [6, 6.07) is 15.1. The standard InChI is InChI=1S/C18H17ClN4O/c19-15-7-5-14(6-8-15)16-17(24)18(23-11-22-16)21-10-13-3-1-12(9-20)2-4-13/h1-8,11,24H,9-10,20H2,(H,21,22,23). The minimum atomic E-state index is 0.0124. The number of nitrogens with one attached hydrogen (secondary N) is 1. The molecular weight excluding hydrogens is 324 g/mol. The summed E-state index contributed by atoms with van der Waals surface area (Å²) in [5.74, 6) is 0.399. The Bertz CT molecular complexity index is 819. The fourth-order valence-corrected chi connectivity index (χ4v) is 2.43. The Labute approximate surface area is 145 Å².